The summed E-state index contributed by atoms with van der Waals surface area (Å²) in [6.45, 7) is 11.1. The van der Waals surface area contributed by atoms with Crippen LogP contribution in [0.15, 0.2) is 10.7 Å². The predicted octanol–water partition coefficient (Wildman–Crippen LogP) is 3.11. The van der Waals surface area contributed by atoms with Crippen LogP contribution in [0.3, 0.4) is 0 Å². The molecule has 0 bridgehead atoms. The third kappa shape index (κ3) is 4.55. The van der Waals surface area contributed by atoms with E-state index >= 15 is 0 Å². The Morgan fingerprint density at radius 2 is 1.90 bits per heavy atom. The van der Waals surface area contributed by atoms with Gasteiger partial charge in [-0.05, 0) is 49.7 Å². The molecule has 1 heterocycles. The Kier molecular flexibility index (Phi) is 8.37. The molecule has 1 aromatic rings. The van der Waals surface area contributed by atoms with Crippen molar-refractivity contribution in [3.05, 3.63) is 16.4 Å². The summed E-state index contributed by atoms with van der Waals surface area (Å²) in [6, 6.07) is -0.0355. The van der Waals surface area contributed by atoms with Crippen molar-refractivity contribution in [2.45, 2.75) is 53.0 Å². The number of aryl methyl sites for hydroxylation is 1. The zero-order valence-electron chi connectivity index (χ0n) is 12.9. The van der Waals surface area contributed by atoms with Crippen molar-refractivity contribution in [2.24, 2.45) is 0 Å². The molecule has 1 aromatic heterocycles. The minimum atomic E-state index is -0.310. The van der Waals surface area contributed by atoms with Crippen LogP contribution in [-0.4, -0.2) is 35.8 Å². The second-order valence-corrected chi connectivity index (χ2v) is 5.26. The van der Waals surface area contributed by atoms with Gasteiger partial charge in [-0.3, -0.25) is 4.68 Å². The number of nitrogens with zero attached hydrogens (tertiary/aromatic N) is 2. The number of nitrogens with one attached hydrogen (secondary N) is 1. The topological polar surface area (TPSA) is 48.3 Å². The number of ether oxygens (including phenoxy) is 2. The summed E-state index contributed by atoms with van der Waals surface area (Å²) < 4.78 is 14.5. The van der Waals surface area contributed by atoms with Gasteiger partial charge in [0, 0.05) is 19.8 Å². The SMILES string of the molecule is CCCNC(c1c(Br)cnn1CC)C(OCC)OCC. The first kappa shape index (κ1) is 17.6. The van der Waals surface area contributed by atoms with Gasteiger partial charge < -0.3 is 14.8 Å². The van der Waals surface area contributed by atoms with E-state index in [2.05, 4.69) is 40.2 Å². The molecule has 6 heteroatoms. The monoisotopic (exact) mass is 347 g/mol. The van der Waals surface area contributed by atoms with E-state index in [1.807, 2.05) is 24.7 Å². The molecule has 5 nitrogen and oxygen atoms in total. The Hall–Kier alpha value is -0.430. The first-order valence-corrected chi connectivity index (χ1v) is 8.16. The fourth-order valence-electron chi connectivity index (χ4n) is 2.12. The van der Waals surface area contributed by atoms with Gasteiger partial charge in [0.2, 0.25) is 0 Å². The fourth-order valence-corrected chi connectivity index (χ4v) is 2.67. The van der Waals surface area contributed by atoms with Gasteiger partial charge in [-0.1, -0.05) is 6.92 Å². The van der Waals surface area contributed by atoms with Crippen LogP contribution in [0.25, 0.3) is 0 Å². The minimum Gasteiger partial charge on any atom is -0.351 e. The lowest BCUT2D eigenvalue weighted by atomic mass is 10.2. The fraction of sp³-hybridized carbons (Fsp3) is 0.786. The van der Waals surface area contributed by atoms with Crippen molar-refractivity contribution >= 4 is 15.9 Å². The van der Waals surface area contributed by atoms with Crippen molar-refractivity contribution < 1.29 is 9.47 Å². The summed E-state index contributed by atoms with van der Waals surface area (Å²) in [4.78, 5) is 0. The van der Waals surface area contributed by atoms with Gasteiger partial charge in [0.25, 0.3) is 0 Å². The smallest absolute Gasteiger partial charge is 0.178 e. The maximum absolute atomic E-state index is 5.77. The number of hydrogen-bond donors (Lipinski definition) is 1. The number of rotatable bonds is 10. The van der Waals surface area contributed by atoms with Gasteiger partial charge >= 0.3 is 0 Å². The number of hydrogen-bond acceptors (Lipinski definition) is 4. The minimum absolute atomic E-state index is 0.0355. The molecule has 0 aromatic carbocycles. The maximum atomic E-state index is 5.77. The molecule has 0 aliphatic carbocycles. The summed E-state index contributed by atoms with van der Waals surface area (Å²) in [5.41, 5.74) is 1.08. The molecule has 0 radical (unpaired) electrons. The highest BCUT2D eigenvalue weighted by molar-refractivity contribution is 9.10. The van der Waals surface area contributed by atoms with Gasteiger partial charge in [-0.2, -0.15) is 5.10 Å². The van der Waals surface area contributed by atoms with Gasteiger partial charge in [0.05, 0.1) is 16.4 Å². The van der Waals surface area contributed by atoms with Crippen LogP contribution < -0.4 is 5.32 Å². The van der Waals surface area contributed by atoms with E-state index in [0.29, 0.717) is 13.2 Å². The van der Waals surface area contributed by atoms with Crippen LogP contribution in [0, 0.1) is 0 Å². The summed E-state index contributed by atoms with van der Waals surface area (Å²) in [7, 11) is 0. The molecule has 0 saturated carbocycles. The van der Waals surface area contributed by atoms with Crippen molar-refractivity contribution in [3.8, 4) is 0 Å². The molecule has 0 saturated heterocycles. The molecular formula is C14H26BrN3O2. The molecule has 1 unspecified atom stereocenters. The molecular weight excluding hydrogens is 322 g/mol. The zero-order chi connectivity index (χ0) is 15.0. The predicted molar refractivity (Wildman–Crippen MR) is 83.7 cm³/mol. The third-order valence-electron chi connectivity index (χ3n) is 2.98. The lowest BCUT2D eigenvalue weighted by Gasteiger charge is -2.28. The van der Waals surface area contributed by atoms with Crippen LogP contribution >= 0.6 is 15.9 Å². The molecule has 0 amide bonds. The van der Waals surface area contributed by atoms with Crippen LogP contribution in [0.4, 0.5) is 0 Å². The van der Waals surface area contributed by atoms with Gasteiger partial charge in [0.1, 0.15) is 6.04 Å². The van der Waals surface area contributed by atoms with E-state index in [-0.39, 0.29) is 12.3 Å². The molecule has 1 N–H and O–H groups in total. The highest BCUT2D eigenvalue weighted by Gasteiger charge is 2.28. The second-order valence-electron chi connectivity index (χ2n) is 4.40. The Bertz CT molecular complexity index is 378. The molecule has 0 aliphatic rings. The number of aromatic nitrogens is 2. The molecule has 20 heavy (non-hydrogen) atoms. The quantitative estimate of drug-likeness (QED) is 0.660. The van der Waals surface area contributed by atoms with Crippen molar-refractivity contribution in [1.82, 2.24) is 15.1 Å². The Balaban J connectivity index is 3.04. The number of halogens is 1. The Morgan fingerprint density at radius 3 is 2.40 bits per heavy atom. The average Bonchev–Trinajstić information content (AvgIpc) is 2.81. The third-order valence-corrected chi connectivity index (χ3v) is 3.59. The second kappa shape index (κ2) is 9.50. The van der Waals surface area contributed by atoms with E-state index in [4.69, 9.17) is 9.47 Å². The van der Waals surface area contributed by atoms with E-state index in [1.54, 1.807) is 0 Å². The van der Waals surface area contributed by atoms with Crippen LogP contribution in [0.2, 0.25) is 0 Å². The standard InChI is InChI=1S/C14H26BrN3O2/c1-5-9-16-12(14(19-7-3)20-8-4)13-11(15)10-17-18(13)6-2/h10,12,14,16H,5-9H2,1-4H3. The normalized spacial score (nSPS) is 13.1. The zero-order valence-corrected chi connectivity index (χ0v) is 14.4. The lowest BCUT2D eigenvalue weighted by molar-refractivity contribution is -0.156. The first-order valence-electron chi connectivity index (χ1n) is 7.37. The van der Waals surface area contributed by atoms with Gasteiger partial charge in [0.15, 0.2) is 6.29 Å². The summed E-state index contributed by atoms with van der Waals surface area (Å²) in [6.07, 6.45) is 2.57. The van der Waals surface area contributed by atoms with Crippen LogP contribution in [0.1, 0.15) is 45.9 Å². The summed E-state index contributed by atoms with van der Waals surface area (Å²) in [5, 5.41) is 7.90. The largest absolute Gasteiger partial charge is 0.351 e. The molecule has 0 fully saturated rings. The highest BCUT2D eigenvalue weighted by Crippen LogP contribution is 2.28. The molecule has 1 rings (SSSR count). The van der Waals surface area contributed by atoms with E-state index in [0.717, 1.165) is 29.7 Å². The summed E-state index contributed by atoms with van der Waals surface area (Å²) in [5.74, 6) is 0. The van der Waals surface area contributed by atoms with Crippen molar-refractivity contribution in [1.29, 1.82) is 0 Å². The van der Waals surface area contributed by atoms with Gasteiger partial charge in [-0.25, -0.2) is 0 Å². The van der Waals surface area contributed by atoms with E-state index in [9.17, 15) is 0 Å². The van der Waals surface area contributed by atoms with Crippen molar-refractivity contribution in [3.63, 3.8) is 0 Å². The maximum Gasteiger partial charge on any atom is 0.178 e. The lowest BCUT2D eigenvalue weighted by Crippen LogP contribution is -2.38. The van der Waals surface area contributed by atoms with Crippen molar-refractivity contribution in [2.75, 3.05) is 19.8 Å². The van der Waals surface area contributed by atoms with E-state index in [1.165, 1.54) is 0 Å². The molecule has 116 valence electrons. The molecule has 0 spiro atoms. The van der Waals surface area contributed by atoms with Gasteiger partial charge in [-0.15, -0.1) is 0 Å². The highest BCUT2D eigenvalue weighted by atomic mass is 79.9. The Morgan fingerprint density at radius 1 is 1.25 bits per heavy atom. The van der Waals surface area contributed by atoms with E-state index < -0.39 is 0 Å². The molecule has 1 atom stereocenters. The van der Waals surface area contributed by atoms with Crippen LogP contribution in [-0.2, 0) is 16.0 Å². The summed E-state index contributed by atoms with van der Waals surface area (Å²) >= 11 is 3.59. The average molecular weight is 348 g/mol. The molecule has 0 aliphatic heterocycles. The Labute approximate surface area is 130 Å². The van der Waals surface area contributed by atoms with Crippen LogP contribution in [0.5, 0.6) is 0 Å². The first-order chi connectivity index (χ1) is 9.69.